The number of carbonyl (C=O) groups excluding carboxylic acids is 2. The molecule has 1 aliphatic heterocycles. The molecular weight excluding hydrogens is 372 g/mol. The zero-order valence-electron chi connectivity index (χ0n) is 17.1. The van der Waals surface area contributed by atoms with Crippen molar-refractivity contribution in [3.8, 4) is 0 Å². The Bertz CT molecular complexity index is 1090. The fourth-order valence-electron chi connectivity index (χ4n) is 3.65. The standard InChI is InChI=1S/C26H24N2O2/c1-19-8-12-22(13-9-19)27-25(30)26(17-16-21-6-4-3-5-7-21)18-24(29)28(26)23-14-10-20(2)11-15-23/h3-17H,18H2,1-2H3,(H,27,30). The van der Waals surface area contributed by atoms with Crippen molar-refractivity contribution >= 4 is 29.3 Å². The van der Waals surface area contributed by atoms with E-state index in [4.69, 9.17) is 0 Å². The molecule has 4 heteroatoms. The molecular formula is C26H24N2O2. The number of amides is 2. The van der Waals surface area contributed by atoms with Crippen LogP contribution in [0.15, 0.2) is 84.9 Å². The number of nitrogens with one attached hydrogen (secondary N) is 1. The monoisotopic (exact) mass is 396 g/mol. The van der Waals surface area contributed by atoms with Crippen molar-refractivity contribution in [3.05, 3.63) is 102 Å². The molecule has 1 aliphatic rings. The van der Waals surface area contributed by atoms with Gasteiger partial charge in [0.1, 0.15) is 0 Å². The van der Waals surface area contributed by atoms with Crippen molar-refractivity contribution in [1.29, 1.82) is 0 Å². The molecule has 1 unspecified atom stereocenters. The molecule has 0 radical (unpaired) electrons. The molecule has 30 heavy (non-hydrogen) atoms. The van der Waals surface area contributed by atoms with E-state index in [9.17, 15) is 9.59 Å². The van der Waals surface area contributed by atoms with Crippen molar-refractivity contribution in [1.82, 2.24) is 0 Å². The van der Waals surface area contributed by atoms with Crippen molar-refractivity contribution in [2.45, 2.75) is 25.8 Å². The second-order valence-electron chi connectivity index (χ2n) is 7.73. The number of β-lactam (4-membered cyclic amide) rings is 1. The predicted molar refractivity (Wildman–Crippen MR) is 121 cm³/mol. The first-order valence-corrected chi connectivity index (χ1v) is 10.0. The topological polar surface area (TPSA) is 49.4 Å². The van der Waals surface area contributed by atoms with Gasteiger partial charge in [0.05, 0.1) is 6.42 Å². The van der Waals surface area contributed by atoms with Gasteiger partial charge in [0, 0.05) is 11.4 Å². The molecule has 0 bridgehead atoms. The Morgan fingerprint density at radius 2 is 1.50 bits per heavy atom. The molecule has 0 aromatic heterocycles. The average Bonchev–Trinajstić information content (AvgIpc) is 2.74. The Morgan fingerprint density at radius 3 is 2.10 bits per heavy atom. The first-order chi connectivity index (χ1) is 14.5. The number of rotatable bonds is 5. The highest BCUT2D eigenvalue weighted by atomic mass is 16.2. The molecule has 1 N–H and O–H groups in total. The van der Waals surface area contributed by atoms with Gasteiger partial charge in [-0.3, -0.25) is 14.5 Å². The number of hydrogen-bond donors (Lipinski definition) is 1. The van der Waals surface area contributed by atoms with Crippen LogP contribution in [0.5, 0.6) is 0 Å². The maximum absolute atomic E-state index is 13.5. The highest BCUT2D eigenvalue weighted by molar-refractivity contribution is 6.18. The number of hydrogen-bond acceptors (Lipinski definition) is 2. The number of anilines is 2. The maximum atomic E-state index is 13.5. The molecule has 0 saturated carbocycles. The third-order valence-corrected chi connectivity index (χ3v) is 5.42. The summed E-state index contributed by atoms with van der Waals surface area (Å²) in [5.74, 6) is -0.297. The molecule has 3 aromatic carbocycles. The normalized spacial score (nSPS) is 18.3. The quantitative estimate of drug-likeness (QED) is 0.608. The van der Waals surface area contributed by atoms with Crippen LogP contribution in [0, 0.1) is 13.8 Å². The van der Waals surface area contributed by atoms with Gasteiger partial charge < -0.3 is 5.32 Å². The fourth-order valence-corrected chi connectivity index (χ4v) is 3.65. The molecule has 2 amide bonds. The van der Waals surface area contributed by atoms with Crippen LogP contribution in [-0.4, -0.2) is 17.4 Å². The summed E-state index contributed by atoms with van der Waals surface area (Å²) in [6, 6.07) is 25.1. The SMILES string of the molecule is Cc1ccc(NC(=O)C2(C=Cc3ccccc3)CC(=O)N2c2ccc(C)cc2)cc1. The number of carbonyl (C=O) groups is 2. The molecule has 4 rings (SSSR count). The molecule has 1 heterocycles. The Kier molecular flexibility index (Phi) is 5.23. The van der Waals surface area contributed by atoms with E-state index in [0.29, 0.717) is 11.4 Å². The van der Waals surface area contributed by atoms with E-state index < -0.39 is 5.54 Å². The van der Waals surface area contributed by atoms with E-state index in [2.05, 4.69) is 5.32 Å². The number of aryl methyl sites for hydroxylation is 2. The summed E-state index contributed by atoms with van der Waals surface area (Å²) in [6.07, 6.45) is 3.87. The van der Waals surface area contributed by atoms with Gasteiger partial charge in [0.15, 0.2) is 5.54 Å². The van der Waals surface area contributed by atoms with Crippen LogP contribution in [-0.2, 0) is 9.59 Å². The summed E-state index contributed by atoms with van der Waals surface area (Å²) in [4.78, 5) is 27.7. The van der Waals surface area contributed by atoms with Crippen LogP contribution in [0.1, 0.15) is 23.1 Å². The smallest absolute Gasteiger partial charge is 0.255 e. The summed E-state index contributed by atoms with van der Waals surface area (Å²) in [5.41, 5.74) is 3.54. The lowest BCUT2D eigenvalue weighted by Crippen LogP contribution is -2.68. The van der Waals surface area contributed by atoms with Crippen LogP contribution >= 0.6 is 0 Å². The van der Waals surface area contributed by atoms with Crippen LogP contribution in [0.4, 0.5) is 11.4 Å². The highest BCUT2D eigenvalue weighted by Crippen LogP contribution is 2.40. The first-order valence-electron chi connectivity index (χ1n) is 10.0. The zero-order chi connectivity index (χ0) is 21.1. The van der Waals surface area contributed by atoms with Crippen LogP contribution in [0.3, 0.4) is 0 Å². The lowest BCUT2D eigenvalue weighted by Gasteiger charge is -2.48. The zero-order valence-corrected chi connectivity index (χ0v) is 17.1. The van der Waals surface area contributed by atoms with Gasteiger partial charge in [0.2, 0.25) is 5.91 Å². The summed E-state index contributed by atoms with van der Waals surface area (Å²) in [7, 11) is 0. The Hall–Kier alpha value is -3.66. The van der Waals surface area contributed by atoms with Crippen LogP contribution in [0.2, 0.25) is 0 Å². The summed E-state index contributed by atoms with van der Waals surface area (Å²) < 4.78 is 0. The van der Waals surface area contributed by atoms with E-state index in [-0.39, 0.29) is 18.2 Å². The molecule has 1 saturated heterocycles. The summed E-state index contributed by atoms with van der Waals surface area (Å²) in [6.45, 7) is 3.99. The van der Waals surface area contributed by atoms with Crippen molar-refractivity contribution in [2.75, 3.05) is 10.2 Å². The molecule has 1 atom stereocenters. The maximum Gasteiger partial charge on any atom is 0.255 e. The molecule has 0 aliphatic carbocycles. The molecule has 4 nitrogen and oxygen atoms in total. The van der Waals surface area contributed by atoms with Gasteiger partial charge in [-0.1, -0.05) is 71.8 Å². The largest absolute Gasteiger partial charge is 0.324 e. The van der Waals surface area contributed by atoms with E-state index in [1.165, 1.54) is 0 Å². The van der Waals surface area contributed by atoms with Gasteiger partial charge in [-0.15, -0.1) is 0 Å². The minimum atomic E-state index is -1.08. The van der Waals surface area contributed by atoms with Crippen molar-refractivity contribution < 1.29 is 9.59 Å². The van der Waals surface area contributed by atoms with Crippen molar-refractivity contribution in [2.24, 2.45) is 0 Å². The third kappa shape index (κ3) is 3.77. The van der Waals surface area contributed by atoms with Gasteiger partial charge in [-0.2, -0.15) is 0 Å². The lowest BCUT2D eigenvalue weighted by molar-refractivity contribution is -0.134. The minimum Gasteiger partial charge on any atom is -0.324 e. The van der Waals surface area contributed by atoms with E-state index in [1.807, 2.05) is 105 Å². The van der Waals surface area contributed by atoms with Crippen LogP contribution in [0.25, 0.3) is 6.08 Å². The lowest BCUT2D eigenvalue weighted by atomic mass is 9.81. The summed E-state index contributed by atoms with van der Waals surface area (Å²) in [5, 5.41) is 3.00. The number of nitrogens with zero attached hydrogens (tertiary/aromatic N) is 1. The summed E-state index contributed by atoms with van der Waals surface area (Å²) >= 11 is 0. The average molecular weight is 396 g/mol. The van der Waals surface area contributed by atoms with Gasteiger partial charge >= 0.3 is 0 Å². The molecule has 150 valence electrons. The second kappa shape index (κ2) is 7.99. The molecule has 0 spiro atoms. The van der Waals surface area contributed by atoms with E-state index >= 15 is 0 Å². The molecule has 1 fully saturated rings. The van der Waals surface area contributed by atoms with Crippen molar-refractivity contribution in [3.63, 3.8) is 0 Å². The van der Waals surface area contributed by atoms with E-state index in [0.717, 1.165) is 16.7 Å². The minimum absolute atomic E-state index is 0.0735. The molecule has 3 aromatic rings. The van der Waals surface area contributed by atoms with Gasteiger partial charge in [-0.05, 0) is 49.8 Å². The Labute approximate surface area is 176 Å². The second-order valence-corrected chi connectivity index (χ2v) is 7.73. The Balaban J connectivity index is 1.71. The third-order valence-electron chi connectivity index (χ3n) is 5.42. The van der Waals surface area contributed by atoms with Gasteiger partial charge in [0.25, 0.3) is 5.91 Å². The first kappa shape index (κ1) is 19.6. The fraction of sp³-hybridized carbons (Fsp3) is 0.154. The predicted octanol–water partition coefficient (Wildman–Crippen LogP) is 5.13. The highest BCUT2D eigenvalue weighted by Gasteiger charge is 2.55. The Morgan fingerprint density at radius 1 is 0.900 bits per heavy atom. The van der Waals surface area contributed by atoms with Gasteiger partial charge in [-0.25, -0.2) is 0 Å². The van der Waals surface area contributed by atoms with E-state index in [1.54, 1.807) is 4.90 Å². The number of benzene rings is 3. The van der Waals surface area contributed by atoms with Crippen LogP contribution < -0.4 is 10.2 Å².